The lowest BCUT2D eigenvalue weighted by Gasteiger charge is -2.31. The average Bonchev–Trinajstić information content (AvgIpc) is 3.41. The number of aliphatic hydroxyl groups is 1. The summed E-state index contributed by atoms with van der Waals surface area (Å²) in [5, 5.41) is 12.8. The van der Waals surface area contributed by atoms with Gasteiger partial charge in [-0.2, -0.15) is 0 Å². The Balaban J connectivity index is 1.55. The number of ether oxygens (including phenoxy) is 3. The van der Waals surface area contributed by atoms with Crippen LogP contribution in [0.25, 0.3) is 0 Å². The van der Waals surface area contributed by atoms with Gasteiger partial charge in [0, 0.05) is 36.6 Å². The molecule has 8 heteroatoms. The molecule has 0 saturated carbocycles. The topological polar surface area (TPSA) is 89.4 Å². The van der Waals surface area contributed by atoms with E-state index in [1.807, 2.05) is 97.1 Å². The zero-order valence-electron chi connectivity index (χ0n) is 23.3. The first kappa shape index (κ1) is 29.2. The van der Waals surface area contributed by atoms with Gasteiger partial charge in [0.25, 0.3) is 5.91 Å². The van der Waals surface area contributed by atoms with E-state index in [1.165, 1.54) is 0 Å². The minimum atomic E-state index is -1.32. The summed E-state index contributed by atoms with van der Waals surface area (Å²) in [4.78, 5) is 19.4. The van der Waals surface area contributed by atoms with Crippen molar-refractivity contribution in [3.63, 3.8) is 0 Å². The number of nitrogens with one attached hydrogen (secondary N) is 1. The molecule has 4 aromatic carbocycles. The van der Waals surface area contributed by atoms with Gasteiger partial charge in [-0.1, -0.05) is 66.2 Å². The monoisotopic (exact) mass is 584 g/mol. The number of benzene rings is 4. The fourth-order valence-corrected chi connectivity index (χ4v) is 5.19. The lowest BCUT2D eigenvalue weighted by Crippen LogP contribution is -2.49. The van der Waals surface area contributed by atoms with Gasteiger partial charge >= 0.3 is 0 Å². The summed E-state index contributed by atoms with van der Waals surface area (Å²) in [5.41, 5.74) is 1.99. The van der Waals surface area contributed by atoms with Gasteiger partial charge < -0.3 is 24.6 Å². The lowest BCUT2D eigenvalue weighted by atomic mass is 9.82. The summed E-state index contributed by atoms with van der Waals surface area (Å²) >= 11 is 6.20. The van der Waals surface area contributed by atoms with E-state index in [9.17, 15) is 4.79 Å². The largest absolute Gasteiger partial charge is 0.497 e. The summed E-state index contributed by atoms with van der Waals surface area (Å²) in [7, 11) is 1.61. The van der Waals surface area contributed by atoms with Crippen molar-refractivity contribution in [1.29, 1.82) is 0 Å². The predicted molar refractivity (Wildman–Crippen MR) is 163 cm³/mol. The number of nitrogens with zero attached hydrogens (tertiary/aromatic N) is 1. The van der Waals surface area contributed by atoms with E-state index in [1.54, 1.807) is 13.2 Å². The summed E-state index contributed by atoms with van der Waals surface area (Å²) in [5.74, 6) is 1.42. The third-order valence-electron chi connectivity index (χ3n) is 7.09. The third-order valence-corrected chi connectivity index (χ3v) is 7.32. The molecule has 1 aliphatic heterocycles. The summed E-state index contributed by atoms with van der Waals surface area (Å²) in [6.07, 6.45) is 0.123. The molecule has 1 amide bonds. The van der Waals surface area contributed by atoms with Crippen LogP contribution in [-0.4, -0.2) is 42.8 Å². The van der Waals surface area contributed by atoms with E-state index >= 15 is 0 Å². The molecule has 0 unspecified atom stereocenters. The number of carbonyl (C=O) groups excluding carboxylic acids is 1. The van der Waals surface area contributed by atoms with E-state index < -0.39 is 11.6 Å². The van der Waals surface area contributed by atoms with Gasteiger partial charge in [0.05, 0.1) is 13.7 Å². The van der Waals surface area contributed by atoms with Crippen molar-refractivity contribution in [1.82, 2.24) is 5.32 Å². The van der Waals surface area contributed by atoms with Crippen molar-refractivity contribution in [3.8, 4) is 11.5 Å². The van der Waals surface area contributed by atoms with Crippen molar-refractivity contribution in [2.75, 3.05) is 20.3 Å². The van der Waals surface area contributed by atoms with E-state index in [4.69, 9.17) is 35.9 Å². The first-order valence-electron chi connectivity index (χ1n) is 13.8. The predicted octanol–water partition coefficient (Wildman–Crippen LogP) is 5.93. The van der Waals surface area contributed by atoms with E-state index in [0.717, 1.165) is 22.3 Å². The standard InChI is InChI=1S/C34H33ClN2O5/c1-40-30-13-6-11-27(21-30)31-34(22-24-8-3-2-4-9-24,33(39)36-23-25-10-5-12-28(35)20-25)37-32(42-31)26-14-16-29(17-15-26)41-19-7-18-38/h2-6,8-17,20-21,31,38H,7,18-19,22-23H2,1H3,(H,36,39)/t31-,34-/m1/s1. The molecule has 42 heavy (non-hydrogen) atoms. The number of hydrogen-bond donors (Lipinski definition) is 2. The molecule has 0 radical (unpaired) electrons. The number of aliphatic hydroxyl groups excluding tert-OH is 1. The molecule has 5 rings (SSSR count). The minimum absolute atomic E-state index is 0.0667. The van der Waals surface area contributed by atoms with Gasteiger partial charge in [0.1, 0.15) is 11.5 Å². The number of methoxy groups -OCH3 is 1. The molecule has 1 aliphatic rings. The number of amides is 1. The van der Waals surface area contributed by atoms with Crippen molar-refractivity contribution in [2.45, 2.75) is 31.0 Å². The van der Waals surface area contributed by atoms with Crippen LogP contribution in [-0.2, 0) is 22.5 Å². The fraction of sp³-hybridized carbons (Fsp3) is 0.235. The van der Waals surface area contributed by atoms with Crippen molar-refractivity contribution < 1.29 is 24.1 Å². The first-order valence-corrected chi connectivity index (χ1v) is 14.2. The molecule has 216 valence electrons. The van der Waals surface area contributed by atoms with Crippen molar-refractivity contribution in [3.05, 3.63) is 130 Å². The molecule has 0 saturated heterocycles. The molecule has 1 heterocycles. The average molecular weight is 585 g/mol. The highest BCUT2D eigenvalue weighted by Crippen LogP contribution is 2.43. The molecule has 0 aliphatic carbocycles. The highest BCUT2D eigenvalue weighted by molar-refractivity contribution is 6.30. The molecule has 4 aromatic rings. The highest BCUT2D eigenvalue weighted by Gasteiger charge is 2.53. The second-order valence-electron chi connectivity index (χ2n) is 10.0. The first-order chi connectivity index (χ1) is 20.5. The van der Waals surface area contributed by atoms with Gasteiger partial charge in [0.2, 0.25) is 5.90 Å². The van der Waals surface area contributed by atoms with Crippen LogP contribution in [0.1, 0.15) is 34.8 Å². The second kappa shape index (κ2) is 13.6. The molecule has 0 bridgehead atoms. The maximum Gasteiger partial charge on any atom is 0.252 e. The number of halogens is 1. The van der Waals surface area contributed by atoms with Crippen LogP contribution < -0.4 is 14.8 Å². The van der Waals surface area contributed by atoms with E-state index in [-0.39, 0.29) is 19.1 Å². The Labute approximate surface area is 250 Å². The number of hydrogen-bond acceptors (Lipinski definition) is 6. The van der Waals surface area contributed by atoms with Crippen LogP contribution >= 0.6 is 11.6 Å². The quantitative estimate of drug-likeness (QED) is 0.202. The summed E-state index contributed by atoms with van der Waals surface area (Å²) < 4.78 is 17.8. The van der Waals surface area contributed by atoms with Gasteiger partial charge in [-0.25, -0.2) is 4.99 Å². The van der Waals surface area contributed by atoms with Crippen LogP contribution in [0.3, 0.4) is 0 Å². The van der Waals surface area contributed by atoms with Crippen LogP contribution in [0.2, 0.25) is 5.02 Å². The zero-order chi connectivity index (χ0) is 29.4. The van der Waals surface area contributed by atoms with E-state index in [2.05, 4.69) is 5.32 Å². The van der Waals surface area contributed by atoms with Gasteiger partial charge in [-0.3, -0.25) is 4.79 Å². The minimum Gasteiger partial charge on any atom is -0.497 e. The molecule has 2 N–H and O–H groups in total. The number of carbonyl (C=O) groups is 1. The Kier molecular flexibility index (Phi) is 9.41. The molecular formula is C34H33ClN2O5. The second-order valence-corrected chi connectivity index (χ2v) is 10.5. The molecule has 0 spiro atoms. The maximum atomic E-state index is 14.3. The SMILES string of the molecule is COc1cccc([C@H]2OC(c3ccc(OCCCO)cc3)=N[C@@]2(Cc2ccccc2)C(=O)NCc2cccc(Cl)c2)c1. The third kappa shape index (κ3) is 6.75. The highest BCUT2D eigenvalue weighted by atomic mass is 35.5. The Hall–Kier alpha value is -4.33. The molecule has 2 atom stereocenters. The maximum absolute atomic E-state index is 14.3. The van der Waals surface area contributed by atoms with Gasteiger partial charge in [-0.05, 0) is 65.2 Å². The van der Waals surface area contributed by atoms with Gasteiger partial charge in [0.15, 0.2) is 11.6 Å². The Morgan fingerprint density at radius 3 is 2.45 bits per heavy atom. The van der Waals surface area contributed by atoms with Crippen LogP contribution in [0.4, 0.5) is 0 Å². The van der Waals surface area contributed by atoms with Crippen molar-refractivity contribution >= 4 is 23.4 Å². The Bertz CT molecular complexity index is 1530. The number of rotatable bonds is 12. The van der Waals surface area contributed by atoms with Gasteiger partial charge in [-0.15, -0.1) is 0 Å². The molecule has 7 nitrogen and oxygen atoms in total. The van der Waals surface area contributed by atoms with Crippen molar-refractivity contribution in [2.24, 2.45) is 4.99 Å². The fourth-order valence-electron chi connectivity index (χ4n) is 4.98. The van der Waals surface area contributed by atoms with E-state index in [0.29, 0.717) is 41.9 Å². The zero-order valence-corrected chi connectivity index (χ0v) is 24.1. The summed E-state index contributed by atoms with van der Waals surface area (Å²) in [6, 6.07) is 32.1. The Morgan fingerprint density at radius 2 is 1.71 bits per heavy atom. The normalized spacial score (nSPS) is 17.7. The summed E-state index contributed by atoms with van der Waals surface area (Å²) in [6.45, 7) is 0.765. The van der Waals surface area contributed by atoms with Crippen LogP contribution in [0, 0.1) is 0 Å². The number of aliphatic imine (C=N–C) groups is 1. The van der Waals surface area contributed by atoms with Crippen LogP contribution in [0.5, 0.6) is 11.5 Å². The lowest BCUT2D eigenvalue weighted by molar-refractivity contribution is -0.129. The molecule has 0 fully saturated rings. The Morgan fingerprint density at radius 1 is 0.952 bits per heavy atom. The molecule has 0 aromatic heterocycles. The smallest absolute Gasteiger partial charge is 0.252 e. The molecular weight excluding hydrogens is 552 g/mol. The van der Waals surface area contributed by atoms with Crippen LogP contribution in [0.15, 0.2) is 108 Å².